The van der Waals surface area contributed by atoms with Gasteiger partial charge >= 0.3 is 0 Å². The summed E-state index contributed by atoms with van der Waals surface area (Å²) in [7, 11) is 0. The lowest BCUT2D eigenvalue weighted by Crippen LogP contribution is -2.41. The summed E-state index contributed by atoms with van der Waals surface area (Å²) >= 11 is 5.91. The normalized spacial score (nSPS) is 17.0. The number of primary amides is 1. The minimum atomic E-state index is -0.227. The van der Waals surface area contributed by atoms with Crippen molar-refractivity contribution in [1.82, 2.24) is 5.32 Å². The van der Waals surface area contributed by atoms with E-state index in [-0.39, 0.29) is 17.7 Å². The number of carbonyl (C=O) groups excluding carboxylic acids is 2. The van der Waals surface area contributed by atoms with E-state index in [4.69, 9.17) is 17.3 Å². The Labute approximate surface area is 158 Å². The smallest absolute Gasteiger partial charge is 0.251 e. The van der Waals surface area contributed by atoms with E-state index in [9.17, 15) is 9.59 Å². The molecule has 1 aliphatic heterocycles. The summed E-state index contributed by atoms with van der Waals surface area (Å²) in [6, 6.07) is 14.9. The van der Waals surface area contributed by atoms with Gasteiger partial charge in [-0.3, -0.25) is 9.59 Å². The van der Waals surface area contributed by atoms with Crippen molar-refractivity contribution in [3.05, 3.63) is 64.7 Å². The number of nitrogens with zero attached hydrogens (tertiary/aromatic N) is 1. The standard InChI is InChI=1S/C20H22ClN3O2/c21-17-5-1-3-15(11-17)20(26)23-12-14-6-8-18(9-7-14)24-10-2-4-16(13-24)19(22)25/h1,3,5-9,11,16H,2,4,10,12-13H2,(H2,22,25)(H,23,26)/t16-/m0/s1. The van der Waals surface area contributed by atoms with Gasteiger partial charge in [-0.15, -0.1) is 0 Å². The number of anilines is 1. The number of amides is 2. The Morgan fingerprint density at radius 2 is 1.96 bits per heavy atom. The molecule has 1 saturated heterocycles. The lowest BCUT2D eigenvalue weighted by Gasteiger charge is -2.33. The molecule has 1 atom stereocenters. The molecule has 0 radical (unpaired) electrons. The number of carbonyl (C=O) groups is 2. The van der Waals surface area contributed by atoms with Crippen molar-refractivity contribution >= 4 is 29.1 Å². The largest absolute Gasteiger partial charge is 0.371 e. The quantitative estimate of drug-likeness (QED) is 0.848. The molecule has 0 unspecified atom stereocenters. The summed E-state index contributed by atoms with van der Waals surface area (Å²) in [6.45, 7) is 2.03. The van der Waals surface area contributed by atoms with E-state index < -0.39 is 0 Å². The van der Waals surface area contributed by atoms with Gasteiger partial charge in [-0.1, -0.05) is 29.8 Å². The van der Waals surface area contributed by atoms with E-state index in [0.29, 0.717) is 23.7 Å². The number of nitrogens with two attached hydrogens (primary N) is 1. The maximum Gasteiger partial charge on any atom is 0.251 e. The minimum Gasteiger partial charge on any atom is -0.371 e. The third-order valence-electron chi connectivity index (χ3n) is 4.67. The van der Waals surface area contributed by atoms with Crippen molar-refractivity contribution in [2.24, 2.45) is 11.7 Å². The molecule has 6 heteroatoms. The lowest BCUT2D eigenvalue weighted by molar-refractivity contribution is -0.122. The number of rotatable bonds is 5. The molecule has 1 aliphatic rings. The molecular formula is C20H22ClN3O2. The van der Waals surface area contributed by atoms with Crippen LogP contribution in [0.4, 0.5) is 5.69 Å². The van der Waals surface area contributed by atoms with Gasteiger partial charge in [0.15, 0.2) is 0 Å². The van der Waals surface area contributed by atoms with Crippen LogP contribution in [0.1, 0.15) is 28.8 Å². The molecule has 3 N–H and O–H groups in total. The molecule has 1 fully saturated rings. The summed E-state index contributed by atoms with van der Waals surface area (Å²) in [5.74, 6) is -0.465. The Bertz CT molecular complexity index is 792. The zero-order valence-corrected chi connectivity index (χ0v) is 15.2. The van der Waals surface area contributed by atoms with Crippen LogP contribution in [0.3, 0.4) is 0 Å². The highest BCUT2D eigenvalue weighted by Crippen LogP contribution is 2.23. The molecule has 0 spiro atoms. The maximum absolute atomic E-state index is 12.2. The van der Waals surface area contributed by atoms with Crippen LogP contribution in [-0.4, -0.2) is 24.9 Å². The highest BCUT2D eigenvalue weighted by molar-refractivity contribution is 6.30. The van der Waals surface area contributed by atoms with Crippen LogP contribution in [0.15, 0.2) is 48.5 Å². The molecule has 0 aromatic heterocycles. The second-order valence-corrected chi connectivity index (χ2v) is 6.98. The molecule has 136 valence electrons. The van der Waals surface area contributed by atoms with Gasteiger partial charge in [0.05, 0.1) is 5.92 Å². The molecule has 0 saturated carbocycles. The van der Waals surface area contributed by atoms with Gasteiger partial charge in [0.2, 0.25) is 5.91 Å². The number of piperidine rings is 1. The van der Waals surface area contributed by atoms with E-state index in [2.05, 4.69) is 10.2 Å². The van der Waals surface area contributed by atoms with Crippen molar-refractivity contribution < 1.29 is 9.59 Å². The average Bonchev–Trinajstić information content (AvgIpc) is 2.66. The highest BCUT2D eigenvalue weighted by Gasteiger charge is 2.24. The first-order chi connectivity index (χ1) is 12.5. The SMILES string of the molecule is NC(=O)[C@H]1CCCN(c2ccc(CNC(=O)c3cccc(Cl)c3)cc2)C1. The fourth-order valence-electron chi connectivity index (χ4n) is 3.18. The highest BCUT2D eigenvalue weighted by atomic mass is 35.5. The molecule has 1 heterocycles. The fraction of sp³-hybridized carbons (Fsp3) is 0.300. The van der Waals surface area contributed by atoms with Crippen molar-refractivity contribution in [2.45, 2.75) is 19.4 Å². The first-order valence-electron chi connectivity index (χ1n) is 8.70. The van der Waals surface area contributed by atoms with Gasteiger partial charge in [0.1, 0.15) is 0 Å². The minimum absolute atomic E-state index is 0.0830. The zero-order chi connectivity index (χ0) is 18.5. The number of hydrogen-bond donors (Lipinski definition) is 2. The third kappa shape index (κ3) is 4.55. The Kier molecular flexibility index (Phi) is 5.78. The molecule has 5 nitrogen and oxygen atoms in total. The summed E-state index contributed by atoms with van der Waals surface area (Å²) in [5.41, 5.74) is 8.06. The topological polar surface area (TPSA) is 75.4 Å². The molecular weight excluding hydrogens is 350 g/mol. The number of hydrogen-bond acceptors (Lipinski definition) is 3. The molecule has 2 aromatic carbocycles. The van der Waals surface area contributed by atoms with Crippen molar-refractivity contribution in [3.8, 4) is 0 Å². The van der Waals surface area contributed by atoms with Gasteiger partial charge in [-0.05, 0) is 48.7 Å². The van der Waals surface area contributed by atoms with E-state index in [1.807, 2.05) is 24.3 Å². The van der Waals surface area contributed by atoms with E-state index in [0.717, 1.165) is 30.6 Å². The average molecular weight is 372 g/mol. The Morgan fingerprint density at radius 1 is 1.19 bits per heavy atom. The van der Waals surface area contributed by atoms with Crippen LogP contribution >= 0.6 is 11.6 Å². The zero-order valence-electron chi connectivity index (χ0n) is 14.5. The number of halogens is 1. The van der Waals surface area contributed by atoms with Crippen LogP contribution < -0.4 is 16.0 Å². The van der Waals surface area contributed by atoms with Gasteiger partial charge in [-0.25, -0.2) is 0 Å². The van der Waals surface area contributed by atoms with Crippen molar-refractivity contribution in [2.75, 3.05) is 18.0 Å². The van der Waals surface area contributed by atoms with Crippen LogP contribution in [0, 0.1) is 5.92 Å². The van der Waals surface area contributed by atoms with Crippen LogP contribution in [0.2, 0.25) is 5.02 Å². The number of nitrogens with one attached hydrogen (secondary N) is 1. The van der Waals surface area contributed by atoms with Crippen LogP contribution in [0.5, 0.6) is 0 Å². The second kappa shape index (κ2) is 8.23. The molecule has 2 aromatic rings. The van der Waals surface area contributed by atoms with Crippen molar-refractivity contribution in [3.63, 3.8) is 0 Å². The Balaban J connectivity index is 1.58. The van der Waals surface area contributed by atoms with E-state index >= 15 is 0 Å². The van der Waals surface area contributed by atoms with Crippen molar-refractivity contribution in [1.29, 1.82) is 0 Å². The van der Waals surface area contributed by atoms with Crippen LogP contribution in [0.25, 0.3) is 0 Å². The molecule has 26 heavy (non-hydrogen) atoms. The number of benzene rings is 2. The molecule has 0 bridgehead atoms. The van der Waals surface area contributed by atoms with Crippen LogP contribution in [-0.2, 0) is 11.3 Å². The lowest BCUT2D eigenvalue weighted by atomic mass is 9.97. The predicted molar refractivity (Wildman–Crippen MR) is 103 cm³/mol. The first-order valence-corrected chi connectivity index (χ1v) is 9.07. The fourth-order valence-corrected chi connectivity index (χ4v) is 3.37. The molecule has 3 rings (SSSR count). The summed E-state index contributed by atoms with van der Waals surface area (Å²) < 4.78 is 0. The third-order valence-corrected chi connectivity index (χ3v) is 4.90. The first kappa shape index (κ1) is 18.3. The van der Waals surface area contributed by atoms with E-state index in [1.165, 1.54) is 0 Å². The molecule has 0 aliphatic carbocycles. The Hall–Kier alpha value is -2.53. The monoisotopic (exact) mass is 371 g/mol. The summed E-state index contributed by atoms with van der Waals surface area (Å²) in [4.78, 5) is 25.8. The van der Waals surface area contributed by atoms with Gasteiger partial charge in [-0.2, -0.15) is 0 Å². The predicted octanol–water partition coefficient (Wildman–Crippen LogP) is 2.97. The van der Waals surface area contributed by atoms with Gasteiger partial charge < -0.3 is 16.0 Å². The van der Waals surface area contributed by atoms with E-state index in [1.54, 1.807) is 24.3 Å². The van der Waals surface area contributed by atoms with Gasteiger partial charge in [0, 0.05) is 35.9 Å². The molecule has 2 amide bonds. The second-order valence-electron chi connectivity index (χ2n) is 6.55. The Morgan fingerprint density at radius 3 is 2.65 bits per heavy atom. The van der Waals surface area contributed by atoms with Gasteiger partial charge in [0.25, 0.3) is 5.91 Å². The summed E-state index contributed by atoms with van der Waals surface area (Å²) in [6.07, 6.45) is 1.82. The summed E-state index contributed by atoms with van der Waals surface area (Å²) in [5, 5.41) is 3.43. The maximum atomic E-state index is 12.2.